The Bertz CT molecular complexity index is 632. The van der Waals surface area contributed by atoms with E-state index in [0.29, 0.717) is 17.5 Å². The Labute approximate surface area is 125 Å². The van der Waals surface area contributed by atoms with E-state index in [0.717, 1.165) is 11.3 Å². The van der Waals surface area contributed by atoms with E-state index in [1.807, 2.05) is 18.2 Å². The van der Waals surface area contributed by atoms with Crippen LogP contribution in [0.5, 0.6) is 5.75 Å². The maximum absolute atomic E-state index is 13.2. The molecule has 0 aromatic heterocycles. The third-order valence-electron chi connectivity index (χ3n) is 3.71. The summed E-state index contributed by atoms with van der Waals surface area (Å²) in [6.45, 7) is 0.614. The van der Waals surface area contributed by atoms with Gasteiger partial charge in [0.15, 0.2) is 0 Å². The average Bonchev–Trinajstić information content (AvgIpc) is 2.87. The molecule has 0 bridgehead atoms. The van der Waals surface area contributed by atoms with Crippen LogP contribution in [0.3, 0.4) is 0 Å². The lowest BCUT2D eigenvalue weighted by molar-refractivity contribution is 0.313. The second-order valence-electron chi connectivity index (χ2n) is 5.07. The normalized spacial score (nSPS) is 18.4. The number of ether oxygens (including phenoxy) is 1. The van der Waals surface area contributed by atoms with Crippen molar-refractivity contribution in [3.8, 4) is 5.75 Å². The summed E-state index contributed by atoms with van der Waals surface area (Å²) in [7, 11) is 0. The lowest BCUT2D eigenvalue weighted by Crippen LogP contribution is -2.31. The molecule has 3 rings (SSSR count). The van der Waals surface area contributed by atoms with Gasteiger partial charge in [-0.1, -0.05) is 24.3 Å². The van der Waals surface area contributed by atoms with Crippen molar-refractivity contribution in [3.05, 3.63) is 63.9 Å². The summed E-state index contributed by atoms with van der Waals surface area (Å²) in [6.07, 6.45) is 0.696. The number of para-hydroxylation sites is 1. The first-order valence-electron chi connectivity index (χ1n) is 6.56. The summed E-state index contributed by atoms with van der Waals surface area (Å²) < 4.78 is 19.4. The molecular weight excluding hydrogens is 321 g/mol. The Morgan fingerprint density at radius 2 is 2.10 bits per heavy atom. The highest BCUT2D eigenvalue weighted by molar-refractivity contribution is 9.10. The van der Waals surface area contributed by atoms with Gasteiger partial charge in [-0.25, -0.2) is 4.39 Å². The van der Waals surface area contributed by atoms with Gasteiger partial charge in [-0.3, -0.25) is 0 Å². The van der Waals surface area contributed by atoms with Gasteiger partial charge >= 0.3 is 0 Å². The molecule has 0 saturated carbocycles. The van der Waals surface area contributed by atoms with Crippen LogP contribution in [0.1, 0.15) is 17.0 Å². The topological polar surface area (TPSA) is 35.2 Å². The predicted molar refractivity (Wildman–Crippen MR) is 80.5 cm³/mol. The summed E-state index contributed by atoms with van der Waals surface area (Å²) >= 11 is 3.20. The molecule has 4 heteroatoms. The van der Waals surface area contributed by atoms with Crippen molar-refractivity contribution in [2.24, 2.45) is 5.73 Å². The molecule has 2 nitrogen and oxygen atoms in total. The number of hydrogen-bond donors (Lipinski definition) is 1. The van der Waals surface area contributed by atoms with Crippen LogP contribution < -0.4 is 10.5 Å². The number of benzene rings is 2. The lowest BCUT2D eigenvalue weighted by atomic mass is 9.90. The van der Waals surface area contributed by atoms with Gasteiger partial charge < -0.3 is 10.5 Å². The Hall–Kier alpha value is -1.39. The summed E-state index contributed by atoms with van der Waals surface area (Å²) in [5.41, 5.74) is 8.52. The van der Waals surface area contributed by atoms with Gasteiger partial charge in [0.25, 0.3) is 0 Å². The fourth-order valence-corrected chi connectivity index (χ4v) is 3.05. The van der Waals surface area contributed by atoms with E-state index in [1.165, 1.54) is 11.6 Å². The second-order valence-corrected chi connectivity index (χ2v) is 5.93. The Kier molecular flexibility index (Phi) is 3.76. The number of hydrogen-bond acceptors (Lipinski definition) is 2. The summed E-state index contributed by atoms with van der Waals surface area (Å²) in [5, 5.41) is 0. The molecule has 104 valence electrons. The van der Waals surface area contributed by atoms with Crippen LogP contribution in [0.2, 0.25) is 0 Å². The van der Waals surface area contributed by atoms with E-state index >= 15 is 0 Å². The van der Waals surface area contributed by atoms with Gasteiger partial charge in [0.1, 0.15) is 11.6 Å². The summed E-state index contributed by atoms with van der Waals surface area (Å²) in [5.74, 6) is 0.861. The molecule has 20 heavy (non-hydrogen) atoms. The molecule has 0 amide bonds. The molecule has 1 aliphatic heterocycles. The molecule has 2 N–H and O–H groups in total. The van der Waals surface area contributed by atoms with Gasteiger partial charge in [-0.2, -0.15) is 0 Å². The number of fused-ring (bicyclic) bond motifs is 1. The van der Waals surface area contributed by atoms with Crippen molar-refractivity contribution in [2.75, 3.05) is 6.61 Å². The Balaban J connectivity index is 1.77. The van der Waals surface area contributed by atoms with Gasteiger partial charge in [-0.05, 0) is 46.1 Å². The molecule has 1 heterocycles. The third kappa shape index (κ3) is 2.58. The van der Waals surface area contributed by atoms with Crippen molar-refractivity contribution in [1.29, 1.82) is 0 Å². The van der Waals surface area contributed by atoms with Crippen molar-refractivity contribution in [1.82, 2.24) is 0 Å². The first kappa shape index (κ1) is 13.6. The van der Waals surface area contributed by atoms with Crippen molar-refractivity contribution >= 4 is 15.9 Å². The zero-order chi connectivity index (χ0) is 14.1. The van der Waals surface area contributed by atoms with E-state index in [2.05, 4.69) is 22.0 Å². The predicted octanol–water partition coefficient (Wildman–Crippen LogP) is 3.63. The van der Waals surface area contributed by atoms with Crippen molar-refractivity contribution < 1.29 is 9.13 Å². The fraction of sp³-hybridized carbons (Fsp3) is 0.250. The largest absolute Gasteiger partial charge is 0.493 e. The zero-order valence-electron chi connectivity index (χ0n) is 10.9. The molecule has 2 unspecified atom stereocenters. The summed E-state index contributed by atoms with van der Waals surface area (Å²) in [6, 6.07) is 13.0. The molecule has 0 fully saturated rings. The van der Waals surface area contributed by atoms with Gasteiger partial charge in [0.05, 0.1) is 11.1 Å². The van der Waals surface area contributed by atoms with Crippen LogP contribution in [-0.2, 0) is 6.42 Å². The first-order chi connectivity index (χ1) is 9.65. The quantitative estimate of drug-likeness (QED) is 0.929. The van der Waals surface area contributed by atoms with E-state index in [1.54, 1.807) is 12.1 Å². The smallest absolute Gasteiger partial charge is 0.137 e. The molecule has 2 aromatic carbocycles. The third-order valence-corrected chi connectivity index (χ3v) is 4.32. The fourth-order valence-electron chi connectivity index (χ4n) is 2.62. The SMILES string of the molecule is NC(Cc1ccc(F)c(Br)c1)C1COc2ccccc21. The second kappa shape index (κ2) is 5.54. The lowest BCUT2D eigenvalue weighted by Gasteiger charge is -2.18. The minimum Gasteiger partial charge on any atom is -0.493 e. The molecule has 0 aliphatic carbocycles. The maximum atomic E-state index is 13.2. The van der Waals surface area contributed by atoms with Gasteiger partial charge in [0, 0.05) is 17.5 Å². The Morgan fingerprint density at radius 3 is 2.90 bits per heavy atom. The standard InChI is InChI=1S/C16H15BrFNO/c17-13-7-10(5-6-14(13)18)8-15(19)12-9-20-16-4-2-1-3-11(12)16/h1-7,12,15H,8-9,19H2. The van der Waals surface area contributed by atoms with E-state index in [-0.39, 0.29) is 17.8 Å². The molecule has 0 radical (unpaired) electrons. The Morgan fingerprint density at radius 1 is 1.30 bits per heavy atom. The molecular formula is C16H15BrFNO. The summed E-state index contributed by atoms with van der Waals surface area (Å²) in [4.78, 5) is 0. The highest BCUT2D eigenvalue weighted by Crippen LogP contribution is 2.35. The minimum atomic E-state index is -0.253. The number of nitrogens with two attached hydrogens (primary N) is 1. The van der Waals surface area contributed by atoms with E-state index in [9.17, 15) is 4.39 Å². The molecule has 2 aromatic rings. The minimum absolute atomic E-state index is 0.0454. The van der Waals surface area contributed by atoms with Crippen LogP contribution in [-0.4, -0.2) is 12.6 Å². The van der Waals surface area contributed by atoms with Crippen LogP contribution in [0, 0.1) is 5.82 Å². The van der Waals surface area contributed by atoms with Crippen molar-refractivity contribution in [3.63, 3.8) is 0 Å². The van der Waals surface area contributed by atoms with E-state index < -0.39 is 0 Å². The average molecular weight is 336 g/mol. The molecule has 0 spiro atoms. The van der Waals surface area contributed by atoms with Crippen LogP contribution in [0.25, 0.3) is 0 Å². The highest BCUT2D eigenvalue weighted by atomic mass is 79.9. The zero-order valence-corrected chi connectivity index (χ0v) is 12.4. The molecule has 1 aliphatic rings. The van der Waals surface area contributed by atoms with Gasteiger partial charge in [-0.15, -0.1) is 0 Å². The van der Waals surface area contributed by atoms with Crippen LogP contribution in [0.4, 0.5) is 4.39 Å². The maximum Gasteiger partial charge on any atom is 0.137 e. The van der Waals surface area contributed by atoms with Crippen LogP contribution >= 0.6 is 15.9 Å². The van der Waals surface area contributed by atoms with Crippen LogP contribution in [0.15, 0.2) is 46.9 Å². The number of halogens is 2. The first-order valence-corrected chi connectivity index (χ1v) is 7.35. The monoisotopic (exact) mass is 335 g/mol. The molecule has 2 atom stereocenters. The van der Waals surface area contributed by atoms with Gasteiger partial charge in [0.2, 0.25) is 0 Å². The van der Waals surface area contributed by atoms with E-state index in [4.69, 9.17) is 10.5 Å². The van der Waals surface area contributed by atoms with Crippen molar-refractivity contribution in [2.45, 2.75) is 18.4 Å². The molecule has 0 saturated heterocycles. The highest BCUT2D eigenvalue weighted by Gasteiger charge is 2.29. The number of rotatable bonds is 3.